The summed E-state index contributed by atoms with van der Waals surface area (Å²) in [5, 5.41) is 0. The highest BCUT2D eigenvalue weighted by atomic mass is 31.1. The van der Waals surface area contributed by atoms with Gasteiger partial charge in [0, 0.05) is 6.42 Å². The Morgan fingerprint density at radius 2 is 2.43 bits per heavy atom. The highest BCUT2D eigenvalue weighted by molar-refractivity contribution is 7.32. The van der Waals surface area contributed by atoms with E-state index >= 15 is 0 Å². The summed E-state index contributed by atoms with van der Waals surface area (Å²) < 4.78 is 35.9. The topological polar surface area (TPSA) is 119 Å². The molecule has 21 heavy (non-hydrogen) atoms. The molecule has 114 valence electrons. The largest absolute Gasteiger partial charge is 0.349 e. The molecule has 0 radical (unpaired) electrons. The lowest BCUT2D eigenvalue weighted by Gasteiger charge is -2.15. The molecule has 0 saturated carbocycles. The van der Waals surface area contributed by atoms with Crippen LogP contribution in [0.2, 0.25) is 0 Å². The number of halogens is 1. The molecule has 0 bridgehead atoms. The third kappa shape index (κ3) is 2.75. The third-order valence-electron chi connectivity index (χ3n) is 3.16. The van der Waals surface area contributed by atoms with Crippen LogP contribution in [0.1, 0.15) is 12.6 Å². The monoisotopic (exact) mass is 318 g/mol. The van der Waals surface area contributed by atoms with Crippen LogP contribution in [0, 0.1) is 0 Å². The molecule has 1 fully saturated rings. The predicted molar refractivity (Wildman–Crippen MR) is 68.7 cm³/mol. The smallest absolute Gasteiger partial charge is 0.316 e. The van der Waals surface area contributed by atoms with Crippen molar-refractivity contribution in [3.63, 3.8) is 0 Å². The molecule has 2 N–H and O–H groups in total. The van der Waals surface area contributed by atoms with Gasteiger partial charge in [0.2, 0.25) is 0 Å². The number of hydrogen-bond acceptors (Lipinski definition) is 6. The minimum atomic E-state index is -3.08. The molecule has 1 saturated heterocycles. The Labute approximate surface area is 117 Å². The number of aromatic nitrogens is 4. The van der Waals surface area contributed by atoms with E-state index in [0.717, 1.165) is 0 Å². The fraction of sp³-hybridized carbons (Fsp3) is 0.500. The van der Waals surface area contributed by atoms with Gasteiger partial charge in [0.15, 0.2) is 17.4 Å². The average molecular weight is 318 g/mol. The first-order valence-electron chi connectivity index (χ1n) is 6.11. The molecule has 0 aromatic carbocycles. The molecule has 2 aromatic heterocycles. The first-order chi connectivity index (χ1) is 10.1. The van der Waals surface area contributed by atoms with E-state index in [4.69, 9.17) is 9.63 Å². The number of hydrogen-bond donors (Lipinski definition) is 2. The van der Waals surface area contributed by atoms with Crippen molar-refractivity contribution in [2.24, 2.45) is 0 Å². The lowest BCUT2D eigenvalue weighted by molar-refractivity contribution is -0.0315. The SMILES string of the molecule is O=c1[nH]cnc2c1ncn2[C@@H]1O[C@H](CO[PH](=O)O)C[C@H]1F. The van der Waals surface area contributed by atoms with Crippen molar-refractivity contribution in [2.45, 2.75) is 24.9 Å². The maximum absolute atomic E-state index is 14.1. The second-order valence-corrected chi connectivity index (χ2v) is 5.35. The number of ether oxygens (including phenoxy) is 1. The van der Waals surface area contributed by atoms with Crippen molar-refractivity contribution in [3.8, 4) is 0 Å². The van der Waals surface area contributed by atoms with Crippen molar-refractivity contribution < 1.29 is 23.1 Å². The quantitative estimate of drug-likeness (QED) is 0.770. The molecular formula is C10H12FN4O5P. The summed E-state index contributed by atoms with van der Waals surface area (Å²) in [6.45, 7) is -0.175. The third-order valence-corrected chi connectivity index (χ3v) is 3.57. The molecule has 2 aromatic rings. The normalized spacial score (nSPS) is 27.2. The standard InChI is InChI=1S/C10H12FN4O5P/c11-6-1-5(2-19-21(17)18)20-10(6)15-4-14-7-8(15)12-3-13-9(7)16/h3-6,10,21H,1-2H2,(H,17,18)(H,12,13,16)/t5-,6+,10+/m0/s1. The zero-order chi connectivity index (χ0) is 15.0. The van der Waals surface area contributed by atoms with Gasteiger partial charge < -0.3 is 19.1 Å². The van der Waals surface area contributed by atoms with E-state index in [2.05, 4.69) is 19.5 Å². The second kappa shape index (κ2) is 5.64. The minimum absolute atomic E-state index is 0.0165. The molecule has 1 aliphatic rings. The molecular weight excluding hydrogens is 306 g/mol. The summed E-state index contributed by atoms with van der Waals surface area (Å²) in [6.07, 6.45) is -0.517. The van der Waals surface area contributed by atoms with Crippen LogP contribution >= 0.6 is 8.25 Å². The van der Waals surface area contributed by atoms with Crippen LogP contribution in [0.3, 0.4) is 0 Å². The number of nitrogens with zero attached hydrogens (tertiary/aromatic N) is 3. The number of nitrogens with one attached hydrogen (secondary N) is 1. The van der Waals surface area contributed by atoms with Crippen LogP contribution in [0.25, 0.3) is 11.2 Å². The van der Waals surface area contributed by atoms with E-state index in [1.807, 2.05) is 0 Å². The molecule has 0 spiro atoms. The zero-order valence-electron chi connectivity index (χ0n) is 10.6. The Morgan fingerprint density at radius 1 is 1.62 bits per heavy atom. The fourth-order valence-electron chi connectivity index (χ4n) is 2.27. The van der Waals surface area contributed by atoms with Gasteiger partial charge >= 0.3 is 8.25 Å². The number of fused-ring (bicyclic) bond motifs is 1. The van der Waals surface area contributed by atoms with Gasteiger partial charge in [-0.05, 0) is 0 Å². The molecule has 0 amide bonds. The van der Waals surface area contributed by atoms with Crippen molar-refractivity contribution in [1.29, 1.82) is 0 Å². The van der Waals surface area contributed by atoms with Crippen LogP contribution in [-0.4, -0.2) is 43.3 Å². The molecule has 3 rings (SSSR count). The molecule has 3 heterocycles. The van der Waals surface area contributed by atoms with Gasteiger partial charge in [-0.1, -0.05) is 0 Å². The van der Waals surface area contributed by atoms with Crippen LogP contribution < -0.4 is 5.56 Å². The second-order valence-electron chi connectivity index (χ2n) is 4.53. The Kier molecular flexibility index (Phi) is 3.85. The average Bonchev–Trinajstić information content (AvgIpc) is 3.01. The van der Waals surface area contributed by atoms with Gasteiger partial charge in [0.05, 0.1) is 25.4 Å². The van der Waals surface area contributed by atoms with E-state index in [9.17, 15) is 13.8 Å². The Bertz CT molecular complexity index is 734. The van der Waals surface area contributed by atoms with Crippen LogP contribution in [-0.2, 0) is 13.8 Å². The van der Waals surface area contributed by atoms with Crippen molar-refractivity contribution in [3.05, 3.63) is 23.0 Å². The van der Waals surface area contributed by atoms with Gasteiger partial charge in [-0.3, -0.25) is 13.9 Å². The highest BCUT2D eigenvalue weighted by Crippen LogP contribution is 2.33. The van der Waals surface area contributed by atoms with Crippen LogP contribution in [0.5, 0.6) is 0 Å². The van der Waals surface area contributed by atoms with Gasteiger partial charge in [-0.2, -0.15) is 0 Å². The predicted octanol–water partition coefficient (Wildman–Crippen LogP) is 0.144. The van der Waals surface area contributed by atoms with Crippen molar-refractivity contribution in [1.82, 2.24) is 19.5 Å². The molecule has 9 nitrogen and oxygen atoms in total. The number of H-pyrrole nitrogens is 1. The summed E-state index contributed by atoms with van der Waals surface area (Å²) in [5.74, 6) is 0. The van der Waals surface area contributed by atoms with E-state index in [-0.39, 0.29) is 24.2 Å². The first-order valence-corrected chi connectivity index (χ1v) is 7.38. The lowest BCUT2D eigenvalue weighted by atomic mass is 10.2. The summed E-state index contributed by atoms with van der Waals surface area (Å²) in [5.41, 5.74) is -0.122. The summed E-state index contributed by atoms with van der Waals surface area (Å²) in [4.78, 5) is 30.4. The molecule has 4 atom stereocenters. The van der Waals surface area contributed by atoms with E-state index in [1.165, 1.54) is 17.2 Å². The lowest BCUT2D eigenvalue weighted by Crippen LogP contribution is -2.17. The summed E-state index contributed by atoms with van der Waals surface area (Å²) >= 11 is 0. The number of imidazole rings is 1. The van der Waals surface area contributed by atoms with Crippen LogP contribution in [0.4, 0.5) is 4.39 Å². The van der Waals surface area contributed by atoms with Crippen molar-refractivity contribution >= 4 is 19.4 Å². The Hall–Kier alpha value is -1.61. The Morgan fingerprint density at radius 3 is 3.19 bits per heavy atom. The fourth-order valence-corrected chi connectivity index (χ4v) is 2.59. The number of rotatable bonds is 4. The molecule has 0 aliphatic carbocycles. The van der Waals surface area contributed by atoms with Gasteiger partial charge in [0.25, 0.3) is 5.56 Å². The first kappa shape index (κ1) is 14.3. The van der Waals surface area contributed by atoms with Gasteiger partial charge in [0.1, 0.15) is 6.17 Å². The number of aromatic amines is 1. The van der Waals surface area contributed by atoms with Crippen LogP contribution in [0.15, 0.2) is 17.4 Å². The zero-order valence-corrected chi connectivity index (χ0v) is 11.6. The molecule has 11 heteroatoms. The number of alkyl halides is 1. The van der Waals surface area contributed by atoms with Gasteiger partial charge in [-0.15, -0.1) is 0 Å². The maximum Gasteiger partial charge on any atom is 0.316 e. The van der Waals surface area contributed by atoms with Gasteiger partial charge in [-0.25, -0.2) is 14.4 Å². The summed E-state index contributed by atoms with van der Waals surface area (Å²) in [7, 11) is -3.08. The van der Waals surface area contributed by atoms with E-state index in [1.54, 1.807) is 0 Å². The highest BCUT2D eigenvalue weighted by Gasteiger charge is 2.38. The molecule has 1 unspecified atom stereocenters. The minimum Gasteiger partial charge on any atom is -0.349 e. The van der Waals surface area contributed by atoms with E-state index in [0.29, 0.717) is 0 Å². The maximum atomic E-state index is 14.1. The summed E-state index contributed by atoms with van der Waals surface area (Å²) in [6, 6.07) is 0. The van der Waals surface area contributed by atoms with Crippen molar-refractivity contribution in [2.75, 3.05) is 6.61 Å². The molecule has 1 aliphatic heterocycles. The van der Waals surface area contributed by atoms with E-state index < -0.39 is 32.3 Å². The Balaban J connectivity index is 1.84.